The molecule has 0 aromatic heterocycles. The van der Waals surface area contributed by atoms with Gasteiger partial charge in [0.25, 0.3) is 0 Å². The number of carbonyl (C=O) groups is 1. The summed E-state index contributed by atoms with van der Waals surface area (Å²) in [6.45, 7) is 0. The molecule has 0 heterocycles. The molecule has 0 bridgehead atoms. The molecule has 1 aliphatic rings. The van der Waals surface area contributed by atoms with Crippen LogP contribution in [0.3, 0.4) is 0 Å². The lowest BCUT2D eigenvalue weighted by Crippen LogP contribution is -2.36. The third-order valence-corrected chi connectivity index (χ3v) is 2.32. The van der Waals surface area contributed by atoms with E-state index in [0.29, 0.717) is 19.3 Å². The summed E-state index contributed by atoms with van der Waals surface area (Å²) in [6, 6.07) is 0. The van der Waals surface area contributed by atoms with Crippen molar-refractivity contribution in [3.8, 4) is 0 Å². The summed E-state index contributed by atoms with van der Waals surface area (Å²) in [5, 5.41) is 18.4. The lowest BCUT2D eigenvalue weighted by molar-refractivity contribution is -0.149. The van der Waals surface area contributed by atoms with Crippen molar-refractivity contribution in [1.29, 1.82) is 0 Å². The van der Waals surface area contributed by atoms with Gasteiger partial charge in [-0.05, 0) is 19.3 Å². The molecule has 1 fully saturated rings. The smallest absolute Gasteiger partial charge is 0.308 e. The molecule has 3 atom stereocenters. The number of aliphatic hydroxyl groups excluding tert-OH is 2. The van der Waals surface area contributed by atoms with E-state index >= 15 is 0 Å². The maximum atomic E-state index is 11.0. The minimum atomic E-state index is -0.775. The van der Waals surface area contributed by atoms with E-state index in [9.17, 15) is 9.90 Å². The molecule has 1 rings (SSSR count). The Morgan fingerprint density at radius 3 is 2.50 bits per heavy atom. The average Bonchev–Trinajstić information content (AvgIpc) is 2.08. The summed E-state index contributed by atoms with van der Waals surface area (Å²) in [7, 11) is 1.33. The zero-order chi connectivity index (χ0) is 9.14. The Morgan fingerprint density at radius 2 is 2.00 bits per heavy atom. The summed E-state index contributed by atoms with van der Waals surface area (Å²) in [6.07, 6.45) is -0.0617. The van der Waals surface area contributed by atoms with Crippen LogP contribution < -0.4 is 0 Å². The molecule has 0 saturated heterocycles. The molecule has 12 heavy (non-hydrogen) atoms. The lowest BCUT2D eigenvalue weighted by atomic mass is 9.85. The highest BCUT2D eigenvalue weighted by atomic mass is 16.5. The van der Waals surface area contributed by atoms with Crippen molar-refractivity contribution in [3.05, 3.63) is 0 Å². The van der Waals surface area contributed by atoms with Crippen molar-refractivity contribution in [2.45, 2.75) is 31.5 Å². The standard InChI is InChI=1S/C8H14O4/c1-12-8(11)5-2-3-6(9)7(10)4-5/h5-7,9-10H,2-4H2,1H3/t5-,6+,7+/m1/s1. The fraction of sp³-hybridized carbons (Fsp3) is 0.875. The molecule has 0 unspecified atom stereocenters. The Kier molecular flexibility index (Phi) is 3.05. The second kappa shape index (κ2) is 3.87. The van der Waals surface area contributed by atoms with Crippen LogP contribution in [0.15, 0.2) is 0 Å². The number of methoxy groups -OCH3 is 1. The van der Waals surface area contributed by atoms with Crippen LogP contribution >= 0.6 is 0 Å². The molecule has 4 heteroatoms. The molecule has 0 aliphatic heterocycles. The van der Waals surface area contributed by atoms with E-state index in [4.69, 9.17) is 5.11 Å². The Bertz CT molecular complexity index is 168. The van der Waals surface area contributed by atoms with Crippen LogP contribution in [0, 0.1) is 5.92 Å². The molecule has 70 valence electrons. The molecular weight excluding hydrogens is 160 g/mol. The topological polar surface area (TPSA) is 66.8 Å². The van der Waals surface area contributed by atoms with Gasteiger partial charge in [-0.2, -0.15) is 0 Å². The predicted molar refractivity (Wildman–Crippen MR) is 41.4 cm³/mol. The highest BCUT2D eigenvalue weighted by Crippen LogP contribution is 2.25. The normalized spacial score (nSPS) is 36.1. The van der Waals surface area contributed by atoms with Gasteiger partial charge in [-0.25, -0.2) is 0 Å². The number of rotatable bonds is 1. The summed E-state index contributed by atoms with van der Waals surface area (Å²) in [5.41, 5.74) is 0. The van der Waals surface area contributed by atoms with Gasteiger partial charge in [-0.15, -0.1) is 0 Å². The summed E-state index contributed by atoms with van der Waals surface area (Å²) >= 11 is 0. The summed E-state index contributed by atoms with van der Waals surface area (Å²) in [5.74, 6) is -0.533. The van der Waals surface area contributed by atoms with Gasteiger partial charge >= 0.3 is 5.97 Å². The van der Waals surface area contributed by atoms with Gasteiger partial charge in [0.15, 0.2) is 0 Å². The first kappa shape index (κ1) is 9.48. The van der Waals surface area contributed by atoms with Crippen molar-refractivity contribution >= 4 is 5.97 Å². The van der Waals surface area contributed by atoms with Gasteiger partial charge in [0.1, 0.15) is 0 Å². The van der Waals surface area contributed by atoms with Gasteiger partial charge in [0.2, 0.25) is 0 Å². The first-order valence-electron chi connectivity index (χ1n) is 4.09. The van der Waals surface area contributed by atoms with Crippen LogP contribution in [-0.4, -0.2) is 35.5 Å². The van der Waals surface area contributed by atoms with E-state index < -0.39 is 12.2 Å². The van der Waals surface area contributed by atoms with Crippen molar-refractivity contribution in [2.75, 3.05) is 7.11 Å². The second-order valence-electron chi connectivity index (χ2n) is 3.17. The van der Waals surface area contributed by atoms with Gasteiger partial charge in [0.05, 0.1) is 25.2 Å². The number of carbonyl (C=O) groups excluding carboxylic acids is 1. The van der Waals surface area contributed by atoms with E-state index in [1.165, 1.54) is 7.11 Å². The van der Waals surface area contributed by atoms with Crippen molar-refractivity contribution in [3.63, 3.8) is 0 Å². The van der Waals surface area contributed by atoms with E-state index in [1.54, 1.807) is 0 Å². The highest BCUT2D eigenvalue weighted by molar-refractivity contribution is 5.72. The summed E-state index contributed by atoms with van der Waals surface area (Å²) in [4.78, 5) is 11.0. The SMILES string of the molecule is COC(=O)[C@@H]1CC[C@H](O)[C@@H](O)C1. The van der Waals surface area contributed by atoms with Gasteiger partial charge in [-0.3, -0.25) is 4.79 Å². The van der Waals surface area contributed by atoms with Crippen LogP contribution in [0.5, 0.6) is 0 Å². The van der Waals surface area contributed by atoms with E-state index in [-0.39, 0.29) is 11.9 Å². The van der Waals surface area contributed by atoms with Crippen molar-refractivity contribution < 1.29 is 19.7 Å². The van der Waals surface area contributed by atoms with Crippen LogP contribution in [0.25, 0.3) is 0 Å². The molecule has 0 amide bonds. The maximum absolute atomic E-state index is 11.0. The monoisotopic (exact) mass is 174 g/mol. The largest absolute Gasteiger partial charge is 0.469 e. The Morgan fingerprint density at radius 1 is 1.33 bits per heavy atom. The van der Waals surface area contributed by atoms with Crippen molar-refractivity contribution in [2.24, 2.45) is 5.92 Å². The number of hydrogen-bond donors (Lipinski definition) is 2. The van der Waals surface area contributed by atoms with Gasteiger partial charge < -0.3 is 14.9 Å². The first-order valence-corrected chi connectivity index (χ1v) is 4.09. The van der Waals surface area contributed by atoms with Crippen LogP contribution in [0.1, 0.15) is 19.3 Å². The van der Waals surface area contributed by atoms with Gasteiger partial charge in [-0.1, -0.05) is 0 Å². The quantitative estimate of drug-likeness (QED) is 0.535. The molecule has 1 aliphatic carbocycles. The van der Waals surface area contributed by atoms with E-state index in [2.05, 4.69) is 4.74 Å². The fourth-order valence-electron chi connectivity index (χ4n) is 1.51. The van der Waals surface area contributed by atoms with Gasteiger partial charge in [0, 0.05) is 0 Å². The fourth-order valence-corrected chi connectivity index (χ4v) is 1.51. The third-order valence-electron chi connectivity index (χ3n) is 2.32. The van der Waals surface area contributed by atoms with E-state index in [1.807, 2.05) is 0 Å². The lowest BCUT2D eigenvalue weighted by Gasteiger charge is -2.28. The highest BCUT2D eigenvalue weighted by Gasteiger charge is 2.31. The zero-order valence-corrected chi connectivity index (χ0v) is 7.06. The molecule has 0 aromatic rings. The van der Waals surface area contributed by atoms with E-state index in [0.717, 1.165) is 0 Å². The minimum Gasteiger partial charge on any atom is -0.469 e. The average molecular weight is 174 g/mol. The summed E-state index contributed by atoms with van der Waals surface area (Å²) < 4.78 is 4.54. The minimum absolute atomic E-state index is 0.242. The van der Waals surface area contributed by atoms with Crippen LogP contribution in [0.2, 0.25) is 0 Å². The van der Waals surface area contributed by atoms with Crippen LogP contribution in [-0.2, 0) is 9.53 Å². The number of ether oxygens (including phenoxy) is 1. The molecular formula is C8H14O4. The second-order valence-corrected chi connectivity index (χ2v) is 3.17. The first-order chi connectivity index (χ1) is 5.65. The maximum Gasteiger partial charge on any atom is 0.308 e. The molecule has 4 nitrogen and oxygen atoms in total. The molecule has 2 N–H and O–H groups in total. The molecule has 0 aromatic carbocycles. The Hall–Kier alpha value is -0.610. The zero-order valence-electron chi connectivity index (χ0n) is 7.06. The third kappa shape index (κ3) is 1.95. The molecule has 1 saturated carbocycles. The van der Waals surface area contributed by atoms with Crippen LogP contribution in [0.4, 0.5) is 0 Å². The number of aliphatic hydroxyl groups is 2. The molecule has 0 spiro atoms. The molecule has 0 radical (unpaired) electrons. The Labute approximate surface area is 71.2 Å². The number of esters is 1. The predicted octanol–water partition coefficient (Wildman–Crippen LogP) is -0.319. The Balaban J connectivity index is 2.45. The number of hydrogen-bond acceptors (Lipinski definition) is 4. The van der Waals surface area contributed by atoms with Crippen molar-refractivity contribution in [1.82, 2.24) is 0 Å².